The van der Waals surface area contributed by atoms with Crippen molar-refractivity contribution in [2.75, 3.05) is 0 Å². The van der Waals surface area contributed by atoms with Crippen LogP contribution in [0.2, 0.25) is 0 Å². The van der Waals surface area contributed by atoms with E-state index < -0.39 is 48.8 Å². The van der Waals surface area contributed by atoms with E-state index >= 15 is 0 Å². The number of carboxylic acids is 4. The van der Waals surface area contributed by atoms with Gasteiger partial charge in [-0.15, -0.1) is 0 Å². The number of carbonyl (C=O) groups is 4. The molecule has 0 saturated carbocycles. The molecule has 0 spiro atoms. The van der Waals surface area contributed by atoms with Gasteiger partial charge in [0.25, 0.3) is 0 Å². The molecular formula is C8H12Mg2N2O9. The molecule has 0 aliphatic carbocycles. The van der Waals surface area contributed by atoms with Crippen molar-refractivity contribution in [1.29, 1.82) is 0 Å². The third-order valence-electron chi connectivity index (χ3n) is 1.38. The molecule has 0 aliphatic heterocycles. The van der Waals surface area contributed by atoms with Crippen LogP contribution in [-0.4, -0.2) is 87.5 Å². The molecule has 112 valence electrons. The van der Waals surface area contributed by atoms with Crippen molar-refractivity contribution in [3.63, 3.8) is 0 Å². The Bertz CT molecular complexity index is 308. The van der Waals surface area contributed by atoms with Crippen molar-refractivity contribution in [3.05, 3.63) is 0 Å². The molecular weight excluding hydrogens is 317 g/mol. The summed E-state index contributed by atoms with van der Waals surface area (Å²) >= 11 is 0. The summed E-state index contributed by atoms with van der Waals surface area (Å²) in [6.45, 7) is 0. The van der Waals surface area contributed by atoms with E-state index in [-0.39, 0.29) is 51.6 Å². The summed E-state index contributed by atoms with van der Waals surface area (Å²) in [6, 6.07) is -2.93. The number of rotatable bonds is 6. The third-order valence-corrected chi connectivity index (χ3v) is 1.38. The van der Waals surface area contributed by atoms with Gasteiger partial charge in [-0.3, -0.25) is 0 Å². The molecule has 0 unspecified atom stereocenters. The average Bonchev–Trinajstić information content (AvgIpc) is 2.16. The van der Waals surface area contributed by atoms with Crippen LogP contribution in [0.5, 0.6) is 0 Å². The Morgan fingerprint density at radius 1 is 0.714 bits per heavy atom. The zero-order valence-corrected chi connectivity index (χ0v) is 13.7. The van der Waals surface area contributed by atoms with E-state index in [0.29, 0.717) is 0 Å². The maximum atomic E-state index is 9.71. The topological polar surface area (TPSA) is 244 Å². The van der Waals surface area contributed by atoms with E-state index in [0.717, 1.165) is 0 Å². The van der Waals surface area contributed by atoms with Crippen LogP contribution < -0.4 is 31.9 Å². The number of carboxylic acid groups (broad SMARTS) is 4. The Hall–Kier alpha value is -0.708. The van der Waals surface area contributed by atoms with E-state index in [2.05, 4.69) is 0 Å². The Morgan fingerprint density at radius 2 is 0.905 bits per heavy atom. The fourth-order valence-electron chi connectivity index (χ4n) is 0.526. The van der Waals surface area contributed by atoms with Crippen molar-refractivity contribution in [2.24, 2.45) is 11.5 Å². The van der Waals surface area contributed by atoms with Gasteiger partial charge in [0.15, 0.2) is 0 Å². The predicted octanol–water partition coefficient (Wildman–Crippen LogP) is -9.18. The van der Waals surface area contributed by atoms with Crippen LogP contribution in [0.15, 0.2) is 0 Å². The molecule has 0 aromatic heterocycles. The zero-order valence-electron chi connectivity index (χ0n) is 10.9. The van der Waals surface area contributed by atoms with Crippen LogP contribution in [0.1, 0.15) is 12.8 Å². The molecule has 6 N–H and O–H groups in total. The summed E-state index contributed by atoms with van der Waals surface area (Å²) in [5, 5.41) is 38.7. The van der Waals surface area contributed by atoms with Crippen LogP contribution in [-0.2, 0) is 19.2 Å². The Kier molecular flexibility index (Phi) is 26.7. The Labute approximate surface area is 151 Å². The van der Waals surface area contributed by atoms with Gasteiger partial charge in [0.1, 0.15) is 0 Å². The van der Waals surface area contributed by atoms with Crippen molar-refractivity contribution in [3.8, 4) is 0 Å². The molecule has 21 heavy (non-hydrogen) atoms. The number of aliphatic carboxylic acids is 4. The first-order chi connectivity index (χ1) is 8.07. The minimum Gasteiger partial charge on any atom is -0.550 e. The van der Waals surface area contributed by atoms with Gasteiger partial charge in [0.05, 0.1) is 11.9 Å². The quantitative estimate of drug-likeness (QED) is 0.435. The van der Waals surface area contributed by atoms with Crippen molar-refractivity contribution >= 4 is 70.0 Å². The van der Waals surface area contributed by atoms with Crippen molar-refractivity contribution in [1.82, 2.24) is 0 Å². The van der Waals surface area contributed by atoms with Gasteiger partial charge in [-0.2, -0.15) is 0 Å². The first kappa shape index (κ1) is 32.3. The van der Waals surface area contributed by atoms with Gasteiger partial charge in [-0.25, -0.2) is 0 Å². The summed E-state index contributed by atoms with van der Waals surface area (Å²) in [4.78, 5) is 38.7. The second kappa shape index (κ2) is 17.3. The summed E-state index contributed by atoms with van der Waals surface area (Å²) in [5.41, 5.74) is 9.47. The van der Waals surface area contributed by atoms with Gasteiger partial charge < -0.3 is 56.5 Å². The average molecular weight is 329 g/mol. The van der Waals surface area contributed by atoms with E-state index in [4.69, 9.17) is 11.5 Å². The largest absolute Gasteiger partial charge is 2.00 e. The molecule has 0 fully saturated rings. The van der Waals surface area contributed by atoms with Crippen molar-refractivity contribution < 1.29 is 45.1 Å². The van der Waals surface area contributed by atoms with Gasteiger partial charge >= 0.3 is 46.1 Å². The number of hydrogen-bond donors (Lipinski definition) is 2. The Morgan fingerprint density at radius 3 is 0.952 bits per heavy atom. The number of hydrogen-bond acceptors (Lipinski definition) is 10. The molecule has 2 atom stereocenters. The zero-order chi connectivity index (χ0) is 14.9. The van der Waals surface area contributed by atoms with Gasteiger partial charge in [0.2, 0.25) is 0 Å². The second-order valence-corrected chi connectivity index (χ2v) is 3.00. The Balaban J connectivity index is -0.0000000711. The number of nitrogens with two attached hydrogens (primary N) is 2. The third kappa shape index (κ3) is 24.7. The van der Waals surface area contributed by atoms with Gasteiger partial charge in [-0.1, -0.05) is 0 Å². The predicted molar refractivity (Wildman–Crippen MR) is 60.3 cm³/mol. The molecule has 0 saturated heterocycles. The molecule has 0 aromatic rings. The summed E-state index contributed by atoms with van der Waals surface area (Å²) < 4.78 is 0. The molecule has 13 heteroatoms. The molecule has 0 bridgehead atoms. The van der Waals surface area contributed by atoms with Crippen LogP contribution >= 0.6 is 0 Å². The summed E-state index contributed by atoms with van der Waals surface area (Å²) in [7, 11) is 0. The SMILES string of the molecule is N[C@@H](CC(=O)[O-])C(=O)[O-].N[C@H](CC(=O)[O-])C(=O)[O-].O.[Mg+2].[Mg+2]. The minimum absolute atomic E-state index is 0. The molecule has 0 heterocycles. The maximum Gasteiger partial charge on any atom is 2.00 e. The second-order valence-electron chi connectivity index (χ2n) is 3.00. The monoisotopic (exact) mass is 328 g/mol. The molecule has 0 rings (SSSR count). The fraction of sp³-hybridized carbons (Fsp3) is 0.500. The summed E-state index contributed by atoms with van der Waals surface area (Å²) in [5.74, 6) is -6.16. The van der Waals surface area contributed by atoms with E-state index in [1.54, 1.807) is 0 Å². The van der Waals surface area contributed by atoms with E-state index in [1.165, 1.54) is 0 Å². The van der Waals surface area contributed by atoms with Crippen LogP contribution in [0, 0.1) is 0 Å². The first-order valence-electron chi connectivity index (χ1n) is 4.40. The first-order valence-corrected chi connectivity index (χ1v) is 4.40. The van der Waals surface area contributed by atoms with Crippen LogP contribution in [0.25, 0.3) is 0 Å². The smallest absolute Gasteiger partial charge is 0.550 e. The maximum absolute atomic E-state index is 9.71. The van der Waals surface area contributed by atoms with Crippen LogP contribution in [0.4, 0.5) is 0 Å². The van der Waals surface area contributed by atoms with Gasteiger partial charge in [-0.05, 0) is 0 Å². The molecule has 0 aliphatic rings. The normalized spacial score (nSPS) is 10.8. The number of carbonyl (C=O) groups excluding carboxylic acids is 4. The van der Waals surface area contributed by atoms with Crippen molar-refractivity contribution in [2.45, 2.75) is 24.9 Å². The van der Waals surface area contributed by atoms with Crippen LogP contribution in [0.3, 0.4) is 0 Å². The standard InChI is InChI=1S/2C4H7NO4.2Mg.H2O/c2*5-2(4(8)9)1-3(6)7;;;/h2*2H,1,5H2,(H,6,7)(H,8,9);;;1H2/q;;2*+2;/p-4/t2*2-;;;/m10.../s1. The summed E-state index contributed by atoms with van der Waals surface area (Å²) in [6.07, 6.45) is -1.41. The molecule has 0 amide bonds. The fourth-order valence-corrected chi connectivity index (χ4v) is 0.526. The molecule has 0 radical (unpaired) electrons. The van der Waals surface area contributed by atoms with E-state index in [1.807, 2.05) is 0 Å². The van der Waals surface area contributed by atoms with E-state index in [9.17, 15) is 39.6 Å². The molecule has 11 nitrogen and oxygen atoms in total. The minimum atomic E-state index is -1.58. The van der Waals surface area contributed by atoms with Gasteiger partial charge in [0, 0.05) is 36.9 Å². The molecule has 0 aromatic carbocycles.